The van der Waals surface area contributed by atoms with Crippen molar-refractivity contribution in [2.24, 2.45) is 7.05 Å². The quantitative estimate of drug-likeness (QED) is 0.242. The number of aromatic nitrogens is 1. The third-order valence-electron chi connectivity index (χ3n) is 5.98. The molecule has 0 atom stereocenters. The van der Waals surface area contributed by atoms with Crippen molar-refractivity contribution < 1.29 is 24.0 Å². The first-order chi connectivity index (χ1) is 14.8. The van der Waals surface area contributed by atoms with Gasteiger partial charge in [-0.25, -0.2) is 0 Å². The molecule has 0 saturated heterocycles. The highest BCUT2D eigenvalue weighted by Crippen LogP contribution is 2.58. The van der Waals surface area contributed by atoms with Crippen LogP contribution in [0, 0.1) is 0 Å². The van der Waals surface area contributed by atoms with E-state index in [4.69, 9.17) is 0 Å². The molecule has 1 aromatic heterocycles. The van der Waals surface area contributed by atoms with Crippen molar-refractivity contribution in [3.8, 4) is 0 Å². The summed E-state index contributed by atoms with van der Waals surface area (Å²) >= 11 is 0. The summed E-state index contributed by atoms with van der Waals surface area (Å²) in [6.45, 7) is 0. The summed E-state index contributed by atoms with van der Waals surface area (Å²) in [7, 11) is 0.273. The zero-order chi connectivity index (χ0) is 20.4. The van der Waals surface area contributed by atoms with Gasteiger partial charge in [0.15, 0.2) is 0 Å². The predicted octanol–water partition coefficient (Wildman–Crippen LogP) is 2.68. The second-order valence-corrected chi connectivity index (χ2v) is 11.2. The van der Waals surface area contributed by atoms with Gasteiger partial charge in [0, 0.05) is 29.7 Å². The molecule has 5 rings (SSSR count). The van der Waals surface area contributed by atoms with Crippen LogP contribution in [0.15, 0.2) is 121 Å². The molecule has 0 fully saturated rings. The fraction of sp³-hybridized carbons (Fsp3) is 0.0714. The second-order valence-electron chi connectivity index (χ2n) is 7.76. The van der Waals surface area contributed by atoms with Gasteiger partial charge in [-0.2, -0.15) is 0 Å². The highest BCUT2D eigenvalue weighted by atomic mass is 127. The molecule has 0 spiro atoms. The third kappa shape index (κ3) is 3.95. The lowest BCUT2D eigenvalue weighted by atomic mass is 10.2. The van der Waals surface area contributed by atoms with Gasteiger partial charge in [0.05, 0.1) is 0 Å². The summed E-state index contributed by atoms with van der Waals surface area (Å²) in [6.07, 6.45) is 3.33. The van der Waals surface area contributed by atoms with Crippen LogP contribution in [-0.2, 0) is 13.2 Å². The van der Waals surface area contributed by atoms with E-state index in [2.05, 4.69) is 133 Å². The summed E-state index contributed by atoms with van der Waals surface area (Å²) in [5.74, 6) is 0. The number of aryl methyl sites for hydroxylation is 1. The number of rotatable bonds is 5. The van der Waals surface area contributed by atoms with E-state index < -0.39 is 7.26 Å². The number of para-hydroxylation sites is 1. The molecule has 0 N–H and O–H groups in total. The van der Waals surface area contributed by atoms with E-state index in [1.54, 1.807) is 0 Å². The van der Waals surface area contributed by atoms with E-state index in [-0.39, 0.29) is 24.0 Å². The van der Waals surface area contributed by atoms with Crippen LogP contribution in [-0.4, -0.2) is 4.57 Å². The number of benzene rings is 4. The van der Waals surface area contributed by atoms with E-state index in [1.165, 1.54) is 32.4 Å². The lowest BCUT2D eigenvalue weighted by molar-refractivity contribution is -0.00000583. The minimum Gasteiger partial charge on any atom is -1.00 e. The first-order valence-corrected chi connectivity index (χ1v) is 12.3. The fourth-order valence-electron chi connectivity index (χ4n) is 4.58. The number of nitrogens with zero attached hydrogens (tertiary/aromatic N) is 1. The molecule has 0 unspecified atom stereocenters. The largest absolute Gasteiger partial charge is 1.00 e. The van der Waals surface area contributed by atoms with Gasteiger partial charge in [0.1, 0.15) is 29.3 Å². The van der Waals surface area contributed by atoms with Crippen LogP contribution in [0.1, 0.15) is 5.56 Å². The predicted molar refractivity (Wildman–Crippen MR) is 132 cm³/mol. The Morgan fingerprint density at radius 3 is 1.48 bits per heavy atom. The van der Waals surface area contributed by atoms with Gasteiger partial charge in [-0.3, -0.25) is 0 Å². The van der Waals surface area contributed by atoms with Crippen LogP contribution in [0.4, 0.5) is 0 Å². The van der Waals surface area contributed by atoms with Crippen molar-refractivity contribution in [2.75, 3.05) is 0 Å². The summed E-state index contributed by atoms with van der Waals surface area (Å²) in [4.78, 5) is 0. The molecule has 5 aromatic rings. The molecule has 0 saturated carbocycles. The van der Waals surface area contributed by atoms with Gasteiger partial charge < -0.3 is 28.5 Å². The van der Waals surface area contributed by atoms with Gasteiger partial charge >= 0.3 is 0 Å². The molecule has 31 heavy (non-hydrogen) atoms. The average molecular weight is 533 g/mol. The molecule has 4 aromatic carbocycles. The average Bonchev–Trinajstić information content (AvgIpc) is 3.14. The fourth-order valence-corrected chi connectivity index (χ4v) is 8.82. The normalized spacial score (nSPS) is 11.3. The molecule has 0 aliphatic carbocycles. The Kier molecular flexibility index (Phi) is 6.60. The van der Waals surface area contributed by atoms with Gasteiger partial charge in [-0.05, 0) is 42.5 Å². The van der Waals surface area contributed by atoms with E-state index in [1.807, 2.05) is 0 Å². The van der Waals surface area contributed by atoms with Crippen LogP contribution in [0.25, 0.3) is 10.9 Å². The van der Waals surface area contributed by atoms with Crippen molar-refractivity contribution in [3.05, 3.63) is 127 Å². The molecular formula is C28H25INP. The van der Waals surface area contributed by atoms with Crippen molar-refractivity contribution in [2.45, 2.75) is 6.16 Å². The van der Waals surface area contributed by atoms with Crippen LogP contribution in [0.2, 0.25) is 0 Å². The standard InChI is InChI=1S/C28H25NP.HI/c1-29-21-23(27-19-11-12-20-28(27)29)22-30(24-13-5-2-6-14-24,25-15-7-3-8-16-25)26-17-9-4-10-18-26;/h2-21H,22H2,1H3;1H/q+1;/p-1. The highest BCUT2D eigenvalue weighted by molar-refractivity contribution is 7.95. The molecule has 154 valence electrons. The number of hydrogen-bond acceptors (Lipinski definition) is 0. The maximum atomic E-state index is 2.33. The van der Waals surface area contributed by atoms with Gasteiger partial charge in [0.25, 0.3) is 0 Å². The topological polar surface area (TPSA) is 4.93 Å². The highest BCUT2D eigenvalue weighted by Gasteiger charge is 2.45. The van der Waals surface area contributed by atoms with Crippen molar-refractivity contribution in [1.82, 2.24) is 4.57 Å². The van der Waals surface area contributed by atoms with Crippen molar-refractivity contribution in [1.29, 1.82) is 0 Å². The lowest BCUT2D eigenvalue weighted by Crippen LogP contribution is -3.00. The minimum atomic E-state index is -1.88. The molecule has 3 heteroatoms. The van der Waals surface area contributed by atoms with E-state index in [0.717, 1.165) is 6.16 Å². The number of halogens is 1. The minimum absolute atomic E-state index is 0. The Balaban J connectivity index is 0.00000231. The maximum absolute atomic E-state index is 2.33. The summed E-state index contributed by atoms with van der Waals surface area (Å²) in [5.41, 5.74) is 2.71. The summed E-state index contributed by atoms with van der Waals surface area (Å²) < 4.78 is 2.26. The maximum Gasteiger partial charge on any atom is 0.116 e. The Bertz CT molecular complexity index is 1170. The molecule has 0 bridgehead atoms. The summed E-state index contributed by atoms with van der Waals surface area (Å²) in [5, 5.41) is 5.63. The van der Waals surface area contributed by atoms with Gasteiger partial charge in [0.2, 0.25) is 0 Å². The zero-order valence-corrected chi connectivity index (χ0v) is 20.6. The lowest BCUT2D eigenvalue weighted by Gasteiger charge is -2.27. The molecule has 0 aliphatic heterocycles. The molecule has 1 heterocycles. The molecule has 0 radical (unpaired) electrons. The van der Waals surface area contributed by atoms with Crippen LogP contribution in [0.5, 0.6) is 0 Å². The molecule has 1 nitrogen and oxygen atoms in total. The van der Waals surface area contributed by atoms with Crippen LogP contribution >= 0.6 is 7.26 Å². The van der Waals surface area contributed by atoms with Gasteiger partial charge in [-0.15, -0.1) is 0 Å². The first kappa shape index (κ1) is 21.8. The molecular weight excluding hydrogens is 508 g/mol. The first-order valence-electron chi connectivity index (χ1n) is 10.4. The van der Waals surface area contributed by atoms with Crippen molar-refractivity contribution in [3.63, 3.8) is 0 Å². The number of fused-ring (bicyclic) bond motifs is 1. The number of hydrogen-bond donors (Lipinski definition) is 0. The smallest absolute Gasteiger partial charge is 0.116 e. The van der Waals surface area contributed by atoms with Gasteiger partial charge in [-0.1, -0.05) is 72.8 Å². The van der Waals surface area contributed by atoms with Crippen molar-refractivity contribution >= 4 is 34.1 Å². The van der Waals surface area contributed by atoms with E-state index >= 15 is 0 Å². The Morgan fingerprint density at radius 2 is 1.00 bits per heavy atom. The zero-order valence-electron chi connectivity index (χ0n) is 17.5. The van der Waals surface area contributed by atoms with Crippen LogP contribution < -0.4 is 39.9 Å². The molecule has 0 aliphatic rings. The Hall–Kier alpha value is -2.42. The third-order valence-corrected chi connectivity index (χ3v) is 10.3. The Morgan fingerprint density at radius 1 is 0.581 bits per heavy atom. The van der Waals surface area contributed by atoms with E-state index in [9.17, 15) is 0 Å². The molecule has 0 amide bonds. The van der Waals surface area contributed by atoms with E-state index in [0.29, 0.717) is 0 Å². The summed E-state index contributed by atoms with van der Waals surface area (Å²) in [6, 6.07) is 42.1. The van der Waals surface area contributed by atoms with Crippen LogP contribution in [0.3, 0.4) is 0 Å². The Labute approximate surface area is 202 Å². The second kappa shape index (κ2) is 9.38. The monoisotopic (exact) mass is 533 g/mol. The SMILES string of the molecule is Cn1cc(C[P+](c2ccccc2)(c2ccccc2)c2ccccc2)c2ccccc21.[I-].